The minimum atomic E-state index is 0.659. The molecule has 0 amide bonds. The molecule has 0 aliphatic carbocycles. The van der Waals surface area contributed by atoms with Gasteiger partial charge in [-0.3, -0.25) is 0 Å². The van der Waals surface area contributed by atoms with Crippen LogP contribution >= 0.6 is 11.6 Å². The van der Waals surface area contributed by atoms with Crippen LogP contribution in [0.5, 0.6) is 0 Å². The van der Waals surface area contributed by atoms with Gasteiger partial charge in [0.2, 0.25) is 0 Å². The fourth-order valence-corrected chi connectivity index (χ4v) is 1.64. The van der Waals surface area contributed by atoms with Gasteiger partial charge in [-0.25, -0.2) is 9.50 Å². The van der Waals surface area contributed by atoms with Crippen molar-refractivity contribution in [2.24, 2.45) is 0 Å². The highest BCUT2D eigenvalue weighted by Gasteiger charge is 2.09. The Kier molecular flexibility index (Phi) is 2.19. The number of hydrogen-bond donors (Lipinski definition) is 0. The highest BCUT2D eigenvalue weighted by atomic mass is 35.5. The van der Waals surface area contributed by atoms with Gasteiger partial charge < -0.3 is 0 Å². The van der Waals surface area contributed by atoms with Gasteiger partial charge in [-0.15, -0.1) is 0 Å². The van der Waals surface area contributed by atoms with Crippen LogP contribution in [0.1, 0.15) is 23.9 Å². The van der Waals surface area contributed by atoms with Gasteiger partial charge in [-0.2, -0.15) is 5.10 Å². The van der Waals surface area contributed by atoms with E-state index in [0.29, 0.717) is 5.15 Å². The zero-order chi connectivity index (χ0) is 10.3. The maximum Gasteiger partial charge on any atom is 0.157 e. The summed E-state index contributed by atoms with van der Waals surface area (Å²) >= 11 is 6.16. The van der Waals surface area contributed by atoms with Gasteiger partial charge in [0.25, 0.3) is 0 Å². The molecular weight excluding hydrogens is 198 g/mol. The van der Waals surface area contributed by atoms with Crippen LogP contribution in [0.15, 0.2) is 6.07 Å². The highest BCUT2D eigenvalue weighted by molar-refractivity contribution is 6.30. The topological polar surface area (TPSA) is 30.2 Å². The van der Waals surface area contributed by atoms with E-state index in [1.807, 2.05) is 19.9 Å². The monoisotopic (exact) mass is 209 g/mol. The molecule has 0 atom stereocenters. The summed E-state index contributed by atoms with van der Waals surface area (Å²) in [5, 5.41) is 5.01. The van der Waals surface area contributed by atoms with E-state index in [4.69, 9.17) is 11.6 Å². The summed E-state index contributed by atoms with van der Waals surface area (Å²) in [6.45, 7) is 5.98. The van der Waals surface area contributed by atoms with Gasteiger partial charge in [0.05, 0.1) is 5.69 Å². The molecule has 0 bridgehead atoms. The number of rotatable bonds is 1. The van der Waals surface area contributed by atoms with E-state index < -0.39 is 0 Å². The summed E-state index contributed by atoms with van der Waals surface area (Å²) in [5.74, 6) is 0. The van der Waals surface area contributed by atoms with Crippen LogP contribution in [0.2, 0.25) is 5.15 Å². The Morgan fingerprint density at radius 1 is 1.43 bits per heavy atom. The van der Waals surface area contributed by atoms with E-state index in [9.17, 15) is 0 Å². The molecule has 2 aromatic heterocycles. The highest BCUT2D eigenvalue weighted by Crippen LogP contribution is 2.19. The van der Waals surface area contributed by atoms with E-state index in [-0.39, 0.29) is 0 Å². The smallest absolute Gasteiger partial charge is 0.157 e. The van der Waals surface area contributed by atoms with Crippen molar-refractivity contribution in [3.63, 3.8) is 0 Å². The van der Waals surface area contributed by atoms with Crippen molar-refractivity contribution >= 4 is 17.2 Å². The SMILES string of the molecule is CCc1cc2nc(C)c(C)c(Cl)n2n1. The predicted molar refractivity (Wildman–Crippen MR) is 56.8 cm³/mol. The standard InChI is InChI=1S/C10H12ClN3/c1-4-8-5-9-12-7(3)6(2)10(11)14(9)13-8/h5H,4H2,1-3H3. The summed E-state index contributed by atoms with van der Waals surface area (Å²) < 4.78 is 1.70. The van der Waals surface area contributed by atoms with Gasteiger partial charge >= 0.3 is 0 Å². The first-order chi connectivity index (χ1) is 6.63. The van der Waals surface area contributed by atoms with Crippen LogP contribution in [-0.2, 0) is 6.42 Å². The lowest BCUT2D eigenvalue weighted by Gasteiger charge is -2.03. The second-order valence-corrected chi connectivity index (χ2v) is 3.73. The molecule has 0 saturated heterocycles. The van der Waals surface area contributed by atoms with Crippen LogP contribution in [0.3, 0.4) is 0 Å². The molecule has 0 spiro atoms. The van der Waals surface area contributed by atoms with Crippen molar-refractivity contribution in [2.45, 2.75) is 27.2 Å². The first kappa shape index (κ1) is 9.46. The molecule has 3 nitrogen and oxygen atoms in total. The van der Waals surface area contributed by atoms with Crippen LogP contribution in [0.25, 0.3) is 5.65 Å². The van der Waals surface area contributed by atoms with Crippen LogP contribution in [0, 0.1) is 13.8 Å². The summed E-state index contributed by atoms with van der Waals surface area (Å²) in [6.07, 6.45) is 0.901. The molecule has 0 aromatic carbocycles. The summed E-state index contributed by atoms with van der Waals surface area (Å²) in [5.41, 5.74) is 3.80. The number of hydrogen-bond acceptors (Lipinski definition) is 2. The van der Waals surface area contributed by atoms with E-state index in [2.05, 4.69) is 17.0 Å². The largest absolute Gasteiger partial charge is 0.233 e. The average molecular weight is 210 g/mol. The summed E-state index contributed by atoms with van der Waals surface area (Å²) in [4.78, 5) is 4.42. The molecule has 74 valence electrons. The van der Waals surface area contributed by atoms with Crippen molar-refractivity contribution < 1.29 is 0 Å². The molecule has 0 saturated carbocycles. The fraction of sp³-hybridized carbons (Fsp3) is 0.400. The van der Waals surface area contributed by atoms with Crippen LogP contribution < -0.4 is 0 Å². The second kappa shape index (κ2) is 3.24. The molecule has 2 heterocycles. The second-order valence-electron chi connectivity index (χ2n) is 3.37. The third-order valence-corrected chi connectivity index (χ3v) is 2.87. The quantitative estimate of drug-likeness (QED) is 0.676. The maximum absolute atomic E-state index is 6.16. The first-order valence-electron chi connectivity index (χ1n) is 4.65. The lowest BCUT2D eigenvalue weighted by Crippen LogP contribution is -1.98. The molecule has 0 N–H and O–H groups in total. The maximum atomic E-state index is 6.16. The Labute approximate surface area is 87.7 Å². The molecular formula is C10H12ClN3. The van der Waals surface area contributed by atoms with Gasteiger partial charge in [0, 0.05) is 17.3 Å². The van der Waals surface area contributed by atoms with Crippen molar-refractivity contribution in [1.29, 1.82) is 0 Å². The van der Waals surface area contributed by atoms with Crippen molar-refractivity contribution in [1.82, 2.24) is 14.6 Å². The number of fused-ring (bicyclic) bond motifs is 1. The minimum absolute atomic E-state index is 0.659. The lowest BCUT2D eigenvalue weighted by atomic mass is 10.3. The zero-order valence-electron chi connectivity index (χ0n) is 8.50. The number of aryl methyl sites for hydroxylation is 2. The predicted octanol–water partition coefficient (Wildman–Crippen LogP) is 2.56. The summed E-state index contributed by atoms with van der Waals surface area (Å²) in [7, 11) is 0. The van der Waals surface area contributed by atoms with Gasteiger partial charge in [-0.1, -0.05) is 18.5 Å². The minimum Gasteiger partial charge on any atom is -0.233 e. The summed E-state index contributed by atoms with van der Waals surface area (Å²) in [6, 6.07) is 1.97. The van der Waals surface area contributed by atoms with Crippen LogP contribution in [0.4, 0.5) is 0 Å². The van der Waals surface area contributed by atoms with Crippen molar-refractivity contribution in [3.8, 4) is 0 Å². The first-order valence-corrected chi connectivity index (χ1v) is 5.02. The molecule has 0 aliphatic heterocycles. The third-order valence-electron chi connectivity index (χ3n) is 2.42. The van der Waals surface area contributed by atoms with Crippen LogP contribution in [-0.4, -0.2) is 14.6 Å². The molecule has 0 unspecified atom stereocenters. The van der Waals surface area contributed by atoms with E-state index in [1.165, 1.54) is 0 Å². The van der Waals surface area contributed by atoms with Crippen molar-refractivity contribution in [2.75, 3.05) is 0 Å². The Bertz CT molecular complexity index is 488. The van der Waals surface area contributed by atoms with Gasteiger partial charge in [0.1, 0.15) is 5.15 Å². The molecule has 2 rings (SSSR count). The third kappa shape index (κ3) is 1.28. The lowest BCUT2D eigenvalue weighted by molar-refractivity contribution is 0.874. The van der Waals surface area contributed by atoms with Gasteiger partial charge in [-0.05, 0) is 20.3 Å². The molecule has 14 heavy (non-hydrogen) atoms. The number of halogens is 1. The zero-order valence-corrected chi connectivity index (χ0v) is 9.26. The molecule has 4 heteroatoms. The Morgan fingerprint density at radius 3 is 2.79 bits per heavy atom. The van der Waals surface area contributed by atoms with E-state index >= 15 is 0 Å². The van der Waals surface area contributed by atoms with E-state index in [0.717, 1.165) is 29.0 Å². The van der Waals surface area contributed by atoms with Crippen molar-refractivity contribution in [3.05, 3.63) is 28.2 Å². The van der Waals surface area contributed by atoms with E-state index in [1.54, 1.807) is 4.52 Å². The Hall–Kier alpha value is -1.09. The van der Waals surface area contributed by atoms with Gasteiger partial charge in [0.15, 0.2) is 5.65 Å². The molecule has 0 radical (unpaired) electrons. The normalized spacial score (nSPS) is 11.1. The fourth-order valence-electron chi connectivity index (χ4n) is 1.38. The molecule has 0 fully saturated rings. The number of nitrogens with zero attached hydrogens (tertiary/aromatic N) is 3. The average Bonchev–Trinajstić information content (AvgIpc) is 2.57. The Balaban J connectivity index is 2.81. The number of aromatic nitrogens is 3. The Morgan fingerprint density at radius 2 is 2.14 bits per heavy atom. The molecule has 2 aromatic rings. The molecule has 0 aliphatic rings.